The van der Waals surface area contributed by atoms with Crippen LogP contribution < -0.4 is 5.32 Å². The summed E-state index contributed by atoms with van der Waals surface area (Å²) in [4.78, 5) is 16.4. The van der Waals surface area contributed by atoms with Gasteiger partial charge in [0.15, 0.2) is 0 Å². The zero-order valence-electron chi connectivity index (χ0n) is 9.70. The number of hydrogen-bond acceptors (Lipinski definition) is 3. The molecule has 0 aromatic carbocycles. The lowest BCUT2D eigenvalue weighted by atomic mass is 10.0. The highest BCUT2D eigenvalue weighted by atomic mass is 16.2. The molecular formula is C11H21N3O. The number of hydrogen-bond donors (Lipinski definition) is 1. The summed E-state index contributed by atoms with van der Waals surface area (Å²) in [5.41, 5.74) is 0. The fraction of sp³-hybridized carbons (Fsp3) is 0.909. The van der Waals surface area contributed by atoms with E-state index in [0.29, 0.717) is 11.9 Å². The first-order valence-corrected chi connectivity index (χ1v) is 5.84. The molecule has 0 radical (unpaired) electrons. The first-order chi connectivity index (χ1) is 7.18. The molecule has 0 aromatic heterocycles. The first-order valence-electron chi connectivity index (χ1n) is 5.84. The average molecular weight is 211 g/mol. The Bertz CT molecular complexity index is 238. The molecule has 2 saturated heterocycles. The molecule has 0 aliphatic carbocycles. The molecule has 1 N–H and O–H groups in total. The predicted octanol–water partition coefficient (Wildman–Crippen LogP) is -0.242. The van der Waals surface area contributed by atoms with Gasteiger partial charge in [-0.2, -0.15) is 0 Å². The lowest BCUT2D eigenvalue weighted by Crippen LogP contribution is -2.54. The number of likely N-dealkylation sites (N-methyl/N-ethyl adjacent to an activating group) is 1. The van der Waals surface area contributed by atoms with Gasteiger partial charge in [-0.3, -0.25) is 4.79 Å². The van der Waals surface area contributed by atoms with Crippen molar-refractivity contribution in [2.45, 2.75) is 18.9 Å². The van der Waals surface area contributed by atoms with Gasteiger partial charge >= 0.3 is 0 Å². The van der Waals surface area contributed by atoms with Crippen LogP contribution in [-0.4, -0.2) is 62.0 Å². The van der Waals surface area contributed by atoms with Crippen molar-refractivity contribution < 1.29 is 4.79 Å². The van der Waals surface area contributed by atoms with E-state index in [1.165, 1.54) is 12.8 Å². The number of nitrogens with one attached hydrogen (secondary N) is 1. The Labute approximate surface area is 91.6 Å². The molecule has 1 unspecified atom stereocenters. The zero-order chi connectivity index (χ0) is 10.8. The molecule has 1 amide bonds. The number of rotatable bonds is 3. The molecule has 2 rings (SSSR count). The number of nitrogens with zero attached hydrogens (tertiary/aromatic N) is 2. The van der Waals surface area contributed by atoms with Gasteiger partial charge in [0.2, 0.25) is 5.91 Å². The monoisotopic (exact) mass is 211 g/mol. The smallest absolute Gasteiger partial charge is 0.228 e. The molecule has 1 atom stereocenters. The predicted molar refractivity (Wildman–Crippen MR) is 59.6 cm³/mol. The SMILES string of the molecule is CN(C)CC1CCCN1C(=O)C1CNC1. The minimum Gasteiger partial charge on any atom is -0.338 e. The largest absolute Gasteiger partial charge is 0.338 e. The van der Waals surface area contributed by atoms with E-state index in [4.69, 9.17) is 0 Å². The highest BCUT2D eigenvalue weighted by Gasteiger charge is 2.35. The molecule has 15 heavy (non-hydrogen) atoms. The van der Waals surface area contributed by atoms with E-state index in [2.05, 4.69) is 29.2 Å². The average Bonchev–Trinajstić information content (AvgIpc) is 2.47. The molecule has 2 heterocycles. The third-order valence-corrected chi connectivity index (χ3v) is 3.37. The lowest BCUT2D eigenvalue weighted by Gasteiger charge is -2.34. The first kappa shape index (κ1) is 10.9. The maximum Gasteiger partial charge on any atom is 0.228 e. The van der Waals surface area contributed by atoms with Crippen LogP contribution in [0, 0.1) is 5.92 Å². The van der Waals surface area contributed by atoms with Crippen molar-refractivity contribution in [2.75, 3.05) is 40.3 Å². The molecule has 2 fully saturated rings. The van der Waals surface area contributed by atoms with Gasteiger partial charge in [0.05, 0.1) is 5.92 Å². The summed E-state index contributed by atoms with van der Waals surface area (Å²) in [5, 5.41) is 3.16. The molecular weight excluding hydrogens is 190 g/mol. The Balaban J connectivity index is 1.91. The highest BCUT2D eigenvalue weighted by molar-refractivity contribution is 5.80. The van der Waals surface area contributed by atoms with E-state index in [1.807, 2.05) is 0 Å². The van der Waals surface area contributed by atoms with Gasteiger partial charge in [0.25, 0.3) is 0 Å². The van der Waals surface area contributed by atoms with Crippen molar-refractivity contribution in [2.24, 2.45) is 5.92 Å². The molecule has 4 heteroatoms. The molecule has 2 aliphatic heterocycles. The fourth-order valence-electron chi connectivity index (χ4n) is 2.43. The third-order valence-electron chi connectivity index (χ3n) is 3.37. The third kappa shape index (κ3) is 2.32. The molecule has 86 valence electrons. The summed E-state index contributed by atoms with van der Waals surface area (Å²) in [7, 11) is 4.15. The van der Waals surface area contributed by atoms with E-state index in [-0.39, 0.29) is 5.92 Å². The fourth-order valence-corrected chi connectivity index (χ4v) is 2.43. The number of amides is 1. The standard InChI is InChI=1S/C11H21N3O/c1-13(2)8-10-4-3-5-14(10)11(15)9-6-12-7-9/h9-10,12H,3-8H2,1-2H3. The van der Waals surface area contributed by atoms with Crippen LogP contribution in [0.2, 0.25) is 0 Å². The van der Waals surface area contributed by atoms with Crippen LogP contribution in [0.15, 0.2) is 0 Å². The molecule has 0 spiro atoms. The lowest BCUT2D eigenvalue weighted by molar-refractivity contribution is -0.138. The molecule has 0 aromatic rings. The second-order valence-electron chi connectivity index (χ2n) is 4.95. The van der Waals surface area contributed by atoms with Crippen LogP contribution in [0.1, 0.15) is 12.8 Å². The minimum atomic E-state index is 0.257. The van der Waals surface area contributed by atoms with Crippen molar-refractivity contribution in [3.8, 4) is 0 Å². The van der Waals surface area contributed by atoms with E-state index in [1.54, 1.807) is 0 Å². The molecule has 2 aliphatic rings. The Hall–Kier alpha value is -0.610. The Morgan fingerprint density at radius 1 is 1.47 bits per heavy atom. The van der Waals surface area contributed by atoms with Crippen molar-refractivity contribution >= 4 is 5.91 Å². The van der Waals surface area contributed by atoms with Crippen molar-refractivity contribution in [1.82, 2.24) is 15.1 Å². The van der Waals surface area contributed by atoms with Gasteiger partial charge < -0.3 is 15.1 Å². The summed E-state index contributed by atoms with van der Waals surface area (Å²) < 4.78 is 0. The van der Waals surface area contributed by atoms with Gasteiger partial charge in [0.1, 0.15) is 0 Å². The van der Waals surface area contributed by atoms with Crippen LogP contribution in [0.4, 0.5) is 0 Å². The van der Waals surface area contributed by atoms with E-state index in [9.17, 15) is 4.79 Å². The Kier molecular flexibility index (Phi) is 3.26. The summed E-state index contributed by atoms with van der Waals surface area (Å²) >= 11 is 0. The Morgan fingerprint density at radius 3 is 2.73 bits per heavy atom. The summed E-state index contributed by atoms with van der Waals surface area (Å²) in [6, 6.07) is 0.452. The van der Waals surface area contributed by atoms with Gasteiger partial charge in [-0.25, -0.2) is 0 Å². The molecule has 4 nitrogen and oxygen atoms in total. The topological polar surface area (TPSA) is 35.6 Å². The summed E-state index contributed by atoms with van der Waals surface area (Å²) in [5.74, 6) is 0.630. The maximum atomic E-state index is 12.1. The van der Waals surface area contributed by atoms with E-state index < -0.39 is 0 Å². The van der Waals surface area contributed by atoms with E-state index >= 15 is 0 Å². The van der Waals surface area contributed by atoms with Gasteiger partial charge in [-0.15, -0.1) is 0 Å². The Morgan fingerprint density at radius 2 is 2.20 bits per heavy atom. The van der Waals surface area contributed by atoms with Gasteiger partial charge in [0, 0.05) is 32.2 Å². The number of likely N-dealkylation sites (tertiary alicyclic amines) is 1. The second kappa shape index (κ2) is 4.49. The highest BCUT2D eigenvalue weighted by Crippen LogP contribution is 2.21. The van der Waals surface area contributed by atoms with Crippen LogP contribution in [0.3, 0.4) is 0 Å². The van der Waals surface area contributed by atoms with Crippen molar-refractivity contribution in [3.05, 3.63) is 0 Å². The van der Waals surface area contributed by atoms with Crippen molar-refractivity contribution in [3.63, 3.8) is 0 Å². The zero-order valence-corrected chi connectivity index (χ0v) is 9.70. The second-order valence-corrected chi connectivity index (χ2v) is 4.95. The molecule has 0 saturated carbocycles. The van der Waals surface area contributed by atoms with Crippen LogP contribution in [-0.2, 0) is 4.79 Å². The maximum absolute atomic E-state index is 12.1. The quantitative estimate of drug-likeness (QED) is 0.700. The van der Waals surface area contributed by atoms with Gasteiger partial charge in [-0.05, 0) is 26.9 Å². The van der Waals surface area contributed by atoms with Gasteiger partial charge in [-0.1, -0.05) is 0 Å². The number of carbonyl (C=O) groups is 1. The van der Waals surface area contributed by atoms with E-state index in [0.717, 1.165) is 26.2 Å². The van der Waals surface area contributed by atoms with Crippen LogP contribution in [0.25, 0.3) is 0 Å². The summed E-state index contributed by atoms with van der Waals surface area (Å²) in [6.07, 6.45) is 2.34. The number of carbonyl (C=O) groups excluding carboxylic acids is 1. The van der Waals surface area contributed by atoms with Crippen molar-refractivity contribution in [1.29, 1.82) is 0 Å². The molecule has 0 bridgehead atoms. The normalized spacial score (nSPS) is 27.1. The summed E-state index contributed by atoms with van der Waals surface area (Å²) in [6.45, 7) is 3.73. The van der Waals surface area contributed by atoms with Crippen LogP contribution >= 0.6 is 0 Å². The van der Waals surface area contributed by atoms with Crippen LogP contribution in [0.5, 0.6) is 0 Å². The minimum absolute atomic E-state index is 0.257.